The first-order valence-corrected chi connectivity index (χ1v) is 5.64. The van der Waals surface area contributed by atoms with Crippen LogP contribution in [0.15, 0.2) is 30.7 Å². The number of nitrogen functional groups attached to an aromatic ring is 1. The monoisotopic (exact) mass is 245 g/mol. The highest BCUT2D eigenvalue weighted by molar-refractivity contribution is 6.06. The Bertz CT molecular complexity index is 561. The second-order valence-electron chi connectivity index (χ2n) is 4.19. The average Bonchev–Trinajstić information content (AvgIpc) is 2.78. The molecule has 0 saturated carbocycles. The first-order chi connectivity index (χ1) is 8.58. The molecule has 0 aromatic carbocycles. The summed E-state index contributed by atoms with van der Waals surface area (Å²) in [7, 11) is 0. The second-order valence-corrected chi connectivity index (χ2v) is 4.19. The van der Waals surface area contributed by atoms with E-state index in [0.717, 1.165) is 0 Å². The maximum absolute atomic E-state index is 11.9. The van der Waals surface area contributed by atoms with Crippen molar-refractivity contribution in [3.63, 3.8) is 0 Å². The van der Waals surface area contributed by atoms with E-state index in [1.165, 1.54) is 0 Å². The van der Waals surface area contributed by atoms with Crippen molar-refractivity contribution in [1.82, 2.24) is 14.8 Å². The van der Waals surface area contributed by atoms with E-state index in [-0.39, 0.29) is 17.8 Å². The van der Waals surface area contributed by atoms with Gasteiger partial charge in [0.2, 0.25) is 0 Å². The second kappa shape index (κ2) is 4.87. The number of nitrogens with two attached hydrogens (primary N) is 1. The van der Waals surface area contributed by atoms with Gasteiger partial charge in [-0.25, -0.2) is 4.98 Å². The van der Waals surface area contributed by atoms with Gasteiger partial charge in [-0.2, -0.15) is 5.10 Å². The van der Waals surface area contributed by atoms with Crippen molar-refractivity contribution in [2.45, 2.75) is 19.9 Å². The number of hydrogen-bond acceptors (Lipinski definition) is 4. The molecule has 3 N–H and O–H groups in total. The van der Waals surface area contributed by atoms with Gasteiger partial charge < -0.3 is 11.1 Å². The molecule has 2 aromatic heterocycles. The van der Waals surface area contributed by atoms with Gasteiger partial charge in [0.1, 0.15) is 5.82 Å². The van der Waals surface area contributed by atoms with E-state index in [1.807, 2.05) is 13.8 Å². The van der Waals surface area contributed by atoms with E-state index >= 15 is 0 Å². The summed E-state index contributed by atoms with van der Waals surface area (Å²) in [6.45, 7) is 4.02. The molecule has 0 atom stereocenters. The number of nitrogens with one attached hydrogen (secondary N) is 1. The van der Waals surface area contributed by atoms with Crippen LogP contribution in [0, 0.1) is 0 Å². The molecule has 0 aliphatic carbocycles. The van der Waals surface area contributed by atoms with Crippen molar-refractivity contribution in [3.8, 4) is 0 Å². The molecular formula is C12H15N5O. The Balaban J connectivity index is 2.14. The Morgan fingerprint density at radius 2 is 2.28 bits per heavy atom. The van der Waals surface area contributed by atoms with E-state index < -0.39 is 0 Å². The van der Waals surface area contributed by atoms with Crippen LogP contribution in [0.1, 0.15) is 30.2 Å². The van der Waals surface area contributed by atoms with Crippen LogP contribution in [0.5, 0.6) is 0 Å². The number of nitrogens with zero attached hydrogens (tertiary/aromatic N) is 3. The third-order valence-corrected chi connectivity index (χ3v) is 2.47. The highest BCUT2D eigenvalue weighted by atomic mass is 16.1. The molecule has 6 heteroatoms. The zero-order valence-corrected chi connectivity index (χ0v) is 10.3. The molecule has 0 fully saturated rings. The summed E-state index contributed by atoms with van der Waals surface area (Å²) < 4.78 is 1.77. The minimum Gasteiger partial charge on any atom is -0.383 e. The van der Waals surface area contributed by atoms with Gasteiger partial charge in [0.15, 0.2) is 0 Å². The van der Waals surface area contributed by atoms with Gasteiger partial charge in [-0.3, -0.25) is 9.48 Å². The Kier molecular flexibility index (Phi) is 3.27. The SMILES string of the molecule is CC(C)n1cc(NC(=O)c2cccnc2N)cn1. The third kappa shape index (κ3) is 2.48. The van der Waals surface area contributed by atoms with E-state index in [0.29, 0.717) is 11.3 Å². The fourth-order valence-electron chi connectivity index (χ4n) is 1.49. The summed E-state index contributed by atoms with van der Waals surface area (Å²) in [6.07, 6.45) is 4.92. The summed E-state index contributed by atoms with van der Waals surface area (Å²) in [5.41, 5.74) is 6.63. The molecule has 2 rings (SSSR count). The number of amides is 1. The van der Waals surface area contributed by atoms with Crippen molar-refractivity contribution in [3.05, 3.63) is 36.3 Å². The van der Waals surface area contributed by atoms with Crippen LogP contribution in [0.25, 0.3) is 0 Å². The zero-order valence-electron chi connectivity index (χ0n) is 10.3. The van der Waals surface area contributed by atoms with E-state index in [2.05, 4.69) is 15.4 Å². The number of hydrogen-bond donors (Lipinski definition) is 2. The minimum atomic E-state index is -0.288. The van der Waals surface area contributed by atoms with Crippen molar-refractivity contribution in [2.24, 2.45) is 0 Å². The molecule has 0 radical (unpaired) electrons. The standard InChI is InChI=1S/C12H15N5O/c1-8(2)17-7-9(6-15-17)16-12(18)10-4-3-5-14-11(10)13/h3-8H,1-2H3,(H2,13,14)(H,16,18). The number of carbonyl (C=O) groups is 1. The highest BCUT2D eigenvalue weighted by Gasteiger charge is 2.11. The molecule has 0 aliphatic heterocycles. The topological polar surface area (TPSA) is 85.8 Å². The Morgan fingerprint density at radius 3 is 2.89 bits per heavy atom. The first kappa shape index (κ1) is 12.1. The molecule has 18 heavy (non-hydrogen) atoms. The Labute approximate surface area is 105 Å². The molecule has 2 heterocycles. The normalized spacial score (nSPS) is 10.6. The minimum absolute atomic E-state index is 0.214. The van der Waals surface area contributed by atoms with Crippen LogP contribution in [-0.2, 0) is 0 Å². The van der Waals surface area contributed by atoms with Gasteiger partial charge in [0.25, 0.3) is 5.91 Å². The number of pyridine rings is 1. The zero-order chi connectivity index (χ0) is 13.1. The molecule has 0 bridgehead atoms. The number of rotatable bonds is 3. The van der Waals surface area contributed by atoms with Crippen LogP contribution < -0.4 is 11.1 Å². The lowest BCUT2D eigenvalue weighted by Gasteiger charge is -2.05. The van der Waals surface area contributed by atoms with Gasteiger partial charge in [-0.1, -0.05) is 0 Å². The van der Waals surface area contributed by atoms with Gasteiger partial charge in [-0.05, 0) is 26.0 Å². The van der Waals surface area contributed by atoms with Crippen molar-refractivity contribution in [2.75, 3.05) is 11.1 Å². The van der Waals surface area contributed by atoms with E-state index in [1.54, 1.807) is 35.4 Å². The lowest BCUT2D eigenvalue weighted by Crippen LogP contribution is -2.14. The summed E-state index contributed by atoms with van der Waals surface area (Å²) in [4.78, 5) is 15.8. The van der Waals surface area contributed by atoms with Crippen molar-refractivity contribution < 1.29 is 4.79 Å². The van der Waals surface area contributed by atoms with Crippen LogP contribution in [0.4, 0.5) is 11.5 Å². The van der Waals surface area contributed by atoms with Gasteiger partial charge >= 0.3 is 0 Å². The molecule has 2 aromatic rings. The average molecular weight is 245 g/mol. The first-order valence-electron chi connectivity index (χ1n) is 5.64. The fraction of sp³-hybridized carbons (Fsp3) is 0.250. The number of aromatic nitrogens is 3. The fourth-order valence-corrected chi connectivity index (χ4v) is 1.49. The number of anilines is 2. The molecule has 1 amide bonds. The van der Waals surface area contributed by atoms with E-state index in [4.69, 9.17) is 5.73 Å². The molecule has 0 unspecified atom stereocenters. The van der Waals surface area contributed by atoms with Crippen molar-refractivity contribution in [1.29, 1.82) is 0 Å². The van der Waals surface area contributed by atoms with E-state index in [9.17, 15) is 4.79 Å². The summed E-state index contributed by atoms with van der Waals surface area (Å²) in [6, 6.07) is 3.55. The Morgan fingerprint density at radius 1 is 1.50 bits per heavy atom. The molecule has 94 valence electrons. The molecule has 6 nitrogen and oxygen atoms in total. The maximum Gasteiger partial charge on any atom is 0.259 e. The lowest BCUT2D eigenvalue weighted by molar-refractivity contribution is 0.102. The smallest absolute Gasteiger partial charge is 0.259 e. The van der Waals surface area contributed by atoms with Gasteiger partial charge in [0, 0.05) is 18.4 Å². The molecule has 0 aliphatic rings. The van der Waals surface area contributed by atoms with Gasteiger partial charge in [-0.15, -0.1) is 0 Å². The van der Waals surface area contributed by atoms with Crippen molar-refractivity contribution >= 4 is 17.4 Å². The van der Waals surface area contributed by atoms with Crippen LogP contribution in [0.2, 0.25) is 0 Å². The maximum atomic E-state index is 11.9. The quantitative estimate of drug-likeness (QED) is 0.861. The molecule has 0 spiro atoms. The summed E-state index contributed by atoms with van der Waals surface area (Å²) >= 11 is 0. The summed E-state index contributed by atoms with van der Waals surface area (Å²) in [5.74, 6) is -0.0739. The highest BCUT2D eigenvalue weighted by Crippen LogP contribution is 2.13. The largest absolute Gasteiger partial charge is 0.383 e. The van der Waals surface area contributed by atoms with Crippen LogP contribution in [0.3, 0.4) is 0 Å². The predicted octanol–water partition coefficient (Wildman–Crippen LogP) is 1.69. The number of carbonyl (C=O) groups excluding carboxylic acids is 1. The Hall–Kier alpha value is -2.37. The molecule has 0 saturated heterocycles. The van der Waals surface area contributed by atoms with Crippen LogP contribution in [-0.4, -0.2) is 20.7 Å². The summed E-state index contributed by atoms with van der Waals surface area (Å²) in [5, 5.41) is 6.87. The van der Waals surface area contributed by atoms with Gasteiger partial charge in [0.05, 0.1) is 17.4 Å². The predicted molar refractivity (Wildman–Crippen MR) is 69.2 cm³/mol. The van der Waals surface area contributed by atoms with Crippen LogP contribution >= 0.6 is 0 Å². The third-order valence-electron chi connectivity index (χ3n) is 2.47. The lowest BCUT2D eigenvalue weighted by atomic mass is 10.2. The molecular weight excluding hydrogens is 230 g/mol.